The van der Waals surface area contributed by atoms with Gasteiger partial charge in [-0.2, -0.15) is 0 Å². The first-order chi connectivity index (χ1) is 17.4. The van der Waals surface area contributed by atoms with Gasteiger partial charge in [0.2, 0.25) is 0 Å². The van der Waals surface area contributed by atoms with Crippen LogP contribution in [0.4, 0.5) is 0 Å². The summed E-state index contributed by atoms with van der Waals surface area (Å²) in [4.78, 5) is 10.9. The molecule has 36 heavy (non-hydrogen) atoms. The van der Waals surface area contributed by atoms with Crippen molar-refractivity contribution in [2.75, 3.05) is 78.8 Å². The first kappa shape index (κ1) is 27.3. The number of ether oxygens (including phenoxy) is 3. The van der Waals surface area contributed by atoms with Crippen molar-refractivity contribution < 1.29 is 14.2 Å². The molecule has 1 aliphatic carbocycles. The van der Waals surface area contributed by atoms with Gasteiger partial charge in [-0.05, 0) is 85.2 Å². The average Bonchev–Trinajstić information content (AvgIpc) is 3.65. The Kier molecular flexibility index (Phi) is 9.30. The molecule has 0 aromatic heterocycles. The van der Waals surface area contributed by atoms with Crippen molar-refractivity contribution in [2.45, 2.75) is 102 Å². The third kappa shape index (κ3) is 6.64. The highest BCUT2D eigenvalue weighted by Gasteiger charge is 2.51. The fourth-order valence-electron chi connectivity index (χ4n) is 7.47. The molecule has 5 rings (SSSR count). The molecular formula is C29H54N4O3. The van der Waals surface area contributed by atoms with E-state index in [2.05, 4.69) is 47.3 Å². The summed E-state index contributed by atoms with van der Waals surface area (Å²) >= 11 is 0. The maximum absolute atomic E-state index is 6.31. The lowest BCUT2D eigenvalue weighted by molar-refractivity contribution is -0.0814. The normalized spacial score (nSPS) is 33.2. The zero-order chi connectivity index (χ0) is 25.1. The van der Waals surface area contributed by atoms with Gasteiger partial charge in [0.25, 0.3) is 0 Å². The Balaban J connectivity index is 1.09. The fourth-order valence-corrected chi connectivity index (χ4v) is 7.47. The maximum atomic E-state index is 6.31. The lowest BCUT2D eigenvalue weighted by Crippen LogP contribution is -2.55. The predicted octanol–water partition coefficient (Wildman–Crippen LogP) is 2.93. The highest BCUT2D eigenvalue weighted by Crippen LogP contribution is 2.45. The van der Waals surface area contributed by atoms with E-state index in [-0.39, 0.29) is 0 Å². The predicted molar refractivity (Wildman–Crippen MR) is 145 cm³/mol. The molecule has 0 amide bonds. The Hall–Kier alpha value is -0.280. The molecule has 0 radical (unpaired) electrons. The van der Waals surface area contributed by atoms with Crippen LogP contribution in [0.1, 0.15) is 66.2 Å². The number of hydrogen-bond donors (Lipinski definition) is 0. The topological polar surface area (TPSA) is 40.7 Å². The monoisotopic (exact) mass is 506 g/mol. The molecule has 7 heteroatoms. The fraction of sp³-hybridized carbons (Fsp3) is 1.00. The van der Waals surface area contributed by atoms with Crippen LogP contribution in [0, 0.1) is 5.92 Å². The second kappa shape index (κ2) is 12.3. The van der Waals surface area contributed by atoms with Gasteiger partial charge in [-0.1, -0.05) is 0 Å². The lowest BCUT2D eigenvalue weighted by Gasteiger charge is -2.45. The SMILES string of the molecule is CC(C)N1CCC(CN2CCOCC2CC(C)N2CCOC(CC(C)N3CCOCC34CC4)C2)CC1. The summed E-state index contributed by atoms with van der Waals surface area (Å²) in [5, 5.41) is 0. The van der Waals surface area contributed by atoms with E-state index in [9.17, 15) is 0 Å². The first-order valence-corrected chi connectivity index (χ1v) is 15.2. The third-order valence-electron chi connectivity index (χ3n) is 10.0. The average molecular weight is 507 g/mol. The van der Waals surface area contributed by atoms with Gasteiger partial charge in [-0.25, -0.2) is 0 Å². The maximum Gasteiger partial charge on any atom is 0.0717 e. The van der Waals surface area contributed by atoms with Gasteiger partial charge in [0, 0.05) is 62.4 Å². The first-order valence-electron chi connectivity index (χ1n) is 15.2. The number of morpholine rings is 3. The van der Waals surface area contributed by atoms with Crippen molar-refractivity contribution in [2.24, 2.45) is 5.92 Å². The Morgan fingerprint density at radius 1 is 0.806 bits per heavy atom. The zero-order valence-electron chi connectivity index (χ0n) is 23.7. The Labute approximate surface area is 220 Å². The Morgan fingerprint density at radius 3 is 2.33 bits per heavy atom. The minimum Gasteiger partial charge on any atom is -0.378 e. The van der Waals surface area contributed by atoms with Crippen molar-refractivity contribution in [1.82, 2.24) is 19.6 Å². The van der Waals surface area contributed by atoms with Crippen molar-refractivity contribution in [1.29, 1.82) is 0 Å². The summed E-state index contributed by atoms with van der Waals surface area (Å²) in [7, 11) is 0. The molecule has 5 fully saturated rings. The molecule has 0 aromatic rings. The summed E-state index contributed by atoms with van der Waals surface area (Å²) in [6.45, 7) is 22.2. The van der Waals surface area contributed by atoms with E-state index in [1.807, 2.05) is 0 Å². The lowest BCUT2D eigenvalue weighted by atomic mass is 9.94. The molecule has 4 saturated heterocycles. The van der Waals surface area contributed by atoms with Crippen molar-refractivity contribution in [3.05, 3.63) is 0 Å². The summed E-state index contributed by atoms with van der Waals surface area (Å²) in [5.74, 6) is 0.847. The van der Waals surface area contributed by atoms with Crippen LogP contribution in [0.15, 0.2) is 0 Å². The van der Waals surface area contributed by atoms with Gasteiger partial charge >= 0.3 is 0 Å². The second-order valence-corrected chi connectivity index (χ2v) is 12.9. The van der Waals surface area contributed by atoms with Crippen LogP contribution in [0.2, 0.25) is 0 Å². The van der Waals surface area contributed by atoms with E-state index in [1.54, 1.807) is 0 Å². The van der Waals surface area contributed by atoms with Crippen LogP contribution >= 0.6 is 0 Å². The molecule has 4 heterocycles. The number of piperidine rings is 1. The molecule has 0 bridgehead atoms. The number of likely N-dealkylation sites (tertiary alicyclic amines) is 1. The van der Waals surface area contributed by atoms with Crippen LogP contribution in [-0.4, -0.2) is 134 Å². The molecule has 0 aromatic carbocycles. The van der Waals surface area contributed by atoms with Gasteiger partial charge in [0.15, 0.2) is 0 Å². The molecule has 208 valence electrons. The van der Waals surface area contributed by atoms with E-state index >= 15 is 0 Å². The molecule has 0 N–H and O–H groups in total. The largest absolute Gasteiger partial charge is 0.378 e. The number of hydrogen-bond acceptors (Lipinski definition) is 7. The van der Waals surface area contributed by atoms with Crippen LogP contribution in [0.5, 0.6) is 0 Å². The quantitative estimate of drug-likeness (QED) is 0.476. The molecule has 1 spiro atoms. The third-order valence-corrected chi connectivity index (χ3v) is 10.0. The smallest absolute Gasteiger partial charge is 0.0717 e. The molecular weight excluding hydrogens is 452 g/mol. The van der Waals surface area contributed by atoms with E-state index in [1.165, 1.54) is 51.7 Å². The Morgan fingerprint density at radius 2 is 1.58 bits per heavy atom. The molecule has 7 nitrogen and oxygen atoms in total. The van der Waals surface area contributed by atoms with Crippen LogP contribution in [0.25, 0.3) is 0 Å². The molecule has 4 unspecified atom stereocenters. The highest BCUT2D eigenvalue weighted by atomic mass is 16.5. The van der Waals surface area contributed by atoms with Gasteiger partial charge in [-0.15, -0.1) is 0 Å². The summed E-state index contributed by atoms with van der Waals surface area (Å²) in [6, 6.07) is 2.38. The van der Waals surface area contributed by atoms with E-state index < -0.39 is 0 Å². The molecule has 4 atom stereocenters. The van der Waals surface area contributed by atoms with E-state index in [0.717, 1.165) is 71.6 Å². The molecule has 1 saturated carbocycles. The standard InChI is InChI=1S/C29H54N4O3/c1-23(2)30-9-5-26(6-10-30)19-32-11-14-34-21-27(32)17-24(3)31-12-16-36-28(20-31)18-25(4)33-13-15-35-22-29(33)7-8-29/h23-28H,5-22H2,1-4H3. The van der Waals surface area contributed by atoms with Gasteiger partial charge in [0.05, 0.1) is 39.1 Å². The van der Waals surface area contributed by atoms with E-state index in [4.69, 9.17) is 14.2 Å². The minimum absolute atomic E-state index is 0.347. The van der Waals surface area contributed by atoms with Crippen LogP contribution in [0.3, 0.4) is 0 Å². The number of nitrogens with zero attached hydrogens (tertiary/aromatic N) is 4. The second-order valence-electron chi connectivity index (χ2n) is 12.9. The van der Waals surface area contributed by atoms with E-state index in [0.29, 0.717) is 35.8 Å². The number of rotatable bonds is 9. The van der Waals surface area contributed by atoms with Crippen molar-refractivity contribution >= 4 is 0 Å². The van der Waals surface area contributed by atoms with Crippen LogP contribution < -0.4 is 0 Å². The van der Waals surface area contributed by atoms with Crippen molar-refractivity contribution in [3.8, 4) is 0 Å². The van der Waals surface area contributed by atoms with Gasteiger partial charge in [-0.3, -0.25) is 14.7 Å². The van der Waals surface area contributed by atoms with Gasteiger partial charge < -0.3 is 19.1 Å². The minimum atomic E-state index is 0.347. The Bertz CT molecular complexity index is 681. The summed E-state index contributed by atoms with van der Waals surface area (Å²) in [5.41, 5.74) is 0.356. The molecule has 4 aliphatic heterocycles. The summed E-state index contributed by atoms with van der Waals surface area (Å²) in [6.07, 6.45) is 8.01. The zero-order valence-corrected chi connectivity index (χ0v) is 23.7. The summed E-state index contributed by atoms with van der Waals surface area (Å²) < 4.78 is 18.1. The highest BCUT2D eigenvalue weighted by molar-refractivity contribution is 5.07. The molecule has 5 aliphatic rings. The van der Waals surface area contributed by atoms with Crippen LogP contribution in [-0.2, 0) is 14.2 Å². The van der Waals surface area contributed by atoms with Gasteiger partial charge in [0.1, 0.15) is 0 Å². The van der Waals surface area contributed by atoms with Crippen molar-refractivity contribution in [3.63, 3.8) is 0 Å².